The maximum absolute atomic E-state index is 13.9. The lowest BCUT2D eigenvalue weighted by molar-refractivity contribution is 0.121. The first kappa shape index (κ1) is 17.9. The van der Waals surface area contributed by atoms with Gasteiger partial charge in [-0.1, -0.05) is 11.3 Å². The molecule has 5 rings (SSSR count). The second-order valence-electron chi connectivity index (χ2n) is 6.90. The minimum atomic E-state index is -0.393. The standard InChI is InChI=1S/C20H17FN4O3S/c1-28-20(27)25-8-6-24(7-9-25)19-23-16-12-3-2-11(21)10-14(12)15-13(17(16)29-19)4-5-22-18(15)26/h2-5,10H,6-9H2,1H3,(H,22,26). The zero-order chi connectivity index (χ0) is 20.1. The molecular weight excluding hydrogens is 395 g/mol. The quantitative estimate of drug-likeness (QED) is 0.485. The predicted octanol–water partition coefficient (Wildman–Crippen LogP) is 3.32. The summed E-state index contributed by atoms with van der Waals surface area (Å²) in [5.41, 5.74) is 0.509. The molecule has 1 fully saturated rings. The normalized spacial score (nSPS) is 14.8. The number of thiazole rings is 1. The van der Waals surface area contributed by atoms with Crippen molar-refractivity contribution in [1.29, 1.82) is 0 Å². The van der Waals surface area contributed by atoms with Crippen molar-refractivity contribution in [3.63, 3.8) is 0 Å². The number of rotatable bonds is 1. The first-order chi connectivity index (χ1) is 14.1. The van der Waals surface area contributed by atoms with Gasteiger partial charge in [-0.3, -0.25) is 4.79 Å². The third kappa shape index (κ3) is 2.80. The smallest absolute Gasteiger partial charge is 0.409 e. The minimum absolute atomic E-state index is 0.248. The highest BCUT2D eigenvalue weighted by atomic mass is 32.1. The number of benzene rings is 2. The zero-order valence-electron chi connectivity index (χ0n) is 15.6. The van der Waals surface area contributed by atoms with Gasteiger partial charge in [0.1, 0.15) is 5.82 Å². The molecule has 2 aromatic heterocycles. The summed E-state index contributed by atoms with van der Waals surface area (Å²) in [6.45, 7) is 2.38. The van der Waals surface area contributed by atoms with Crippen LogP contribution >= 0.6 is 11.3 Å². The van der Waals surface area contributed by atoms with Crippen LogP contribution in [0.3, 0.4) is 0 Å². The third-order valence-corrected chi connectivity index (χ3v) is 6.46. The van der Waals surface area contributed by atoms with Crippen molar-refractivity contribution in [3.05, 3.63) is 46.6 Å². The molecule has 1 saturated heterocycles. The summed E-state index contributed by atoms with van der Waals surface area (Å²) >= 11 is 1.51. The molecule has 7 nitrogen and oxygen atoms in total. The van der Waals surface area contributed by atoms with Gasteiger partial charge in [-0.15, -0.1) is 0 Å². The molecule has 3 heterocycles. The molecule has 0 unspecified atom stereocenters. The largest absolute Gasteiger partial charge is 0.453 e. The van der Waals surface area contributed by atoms with Crippen LogP contribution in [0.2, 0.25) is 0 Å². The Morgan fingerprint density at radius 1 is 1.17 bits per heavy atom. The van der Waals surface area contributed by atoms with Gasteiger partial charge in [-0.2, -0.15) is 0 Å². The maximum Gasteiger partial charge on any atom is 0.409 e. The number of nitrogens with zero attached hydrogens (tertiary/aromatic N) is 3. The van der Waals surface area contributed by atoms with Crippen LogP contribution in [0.5, 0.6) is 0 Å². The van der Waals surface area contributed by atoms with E-state index in [2.05, 4.69) is 9.88 Å². The molecule has 1 amide bonds. The van der Waals surface area contributed by atoms with E-state index in [0.717, 1.165) is 26.1 Å². The van der Waals surface area contributed by atoms with Gasteiger partial charge >= 0.3 is 6.09 Å². The van der Waals surface area contributed by atoms with Crippen molar-refractivity contribution < 1.29 is 13.9 Å². The highest BCUT2D eigenvalue weighted by Gasteiger charge is 2.24. The molecule has 1 aliphatic heterocycles. The number of carbonyl (C=O) groups is 1. The molecule has 1 aliphatic rings. The van der Waals surface area contributed by atoms with E-state index in [1.54, 1.807) is 17.2 Å². The maximum atomic E-state index is 13.9. The Labute approximate surface area is 168 Å². The number of hydrogen-bond donors (Lipinski definition) is 1. The van der Waals surface area contributed by atoms with Gasteiger partial charge in [0.05, 0.1) is 22.7 Å². The van der Waals surface area contributed by atoms with Crippen molar-refractivity contribution in [1.82, 2.24) is 14.9 Å². The van der Waals surface area contributed by atoms with Gasteiger partial charge in [-0.05, 0) is 24.3 Å². The zero-order valence-corrected chi connectivity index (χ0v) is 16.4. The fourth-order valence-electron chi connectivity index (χ4n) is 3.88. The van der Waals surface area contributed by atoms with Gasteiger partial charge in [0.2, 0.25) is 0 Å². The van der Waals surface area contributed by atoms with Gasteiger partial charge in [0, 0.05) is 48.5 Å². The summed E-state index contributed by atoms with van der Waals surface area (Å²) < 4.78 is 19.6. The highest BCUT2D eigenvalue weighted by Crippen LogP contribution is 2.39. The monoisotopic (exact) mass is 412 g/mol. The number of nitrogens with one attached hydrogen (secondary N) is 1. The Morgan fingerprint density at radius 2 is 1.97 bits per heavy atom. The number of aromatic amines is 1. The van der Waals surface area contributed by atoms with Crippen molar-refractivity contribution in [2.24, 2.45) is 0 Å². The number of pyridine rings is 1. The number of H-pyrrole nitrogens is 1. The lowest BCUT2D eigenvalue weighted by Crippen LogP contribution is -2.48. The summed E-state index contributed by atoms with van der Waals surface area (Å²) in [4.78, 5) is 35.6. The van der Waals surface area contributed by atoms with Gasteiger partial charge in [0.15, 0.2) is 5.13 Å². The number of carbonyl (C=O) groups excluding carboxylic acids is 1. The third-order valence-electron chi connectivity index (χ3n) is 5.31. The van der Waals surface area contributed by atoms with Crippen molar-refractivity contribution in [3.8, 4) is 0 Å². The van der Waals surface area contributed by atoms with E-state index in [9.17, 15) is 14.0 Å². The van der Waals surface area contributed by atoms with Gasteiger partial charge in [0.25, 0.3) is 5.56 Å². The van der Waals surface area contributed by atoms with E-state index < -0.39 is 5.82 Å². The number of aromatic nitrogens is 2. The first-order valence-corrected chi connectivity index (χ1v) is 9.99. The number of anilines is 1. The number of methoxy groups -OCH3 is 1. The summed E-state index contributed by atoms with van der Waals surface area (Å²) in [6.07, 6.45) is 1.27. The van der Waals surface area contributed by atoms with E-state index >= 15 is 0 Å². The number of piperazine rings is 1. The van der Waals surface area contributed by atoms with E-state index in [1.807, 2.05) is 6.07 Å². The molecule has 1 N–H and O–H groups in total. The molecule has 9 heteroatoms. The Hall–Kier alpha value is -3.20. The number of ether oxygens (including phenoxy) is 1. The topological polar surface area (TPSA) is 78.5 Å². The SMILES string of the molecule is COC(=O)N1CCN(c2nc3c4ccc(F)cc4c4c(=O)[nH]ccc4c3s2)CC1. The van der Waals surface area contributed by atoms with Crippen molar-refractivity contribution in [2.75, 3.05) is 38.2 Å². The number of amides is 1. The summed E-state index contributed by atoms with van der Waals surface area (Å²) in [5, 5.41) is 3.37. The fourth-order valence-corrected chi connectivity index (χ4v) is 5.05. The van der Waals surface area contributed by atoms with E-state index in [-0.39, 0.29) is 11.7 Å². The average Bonchev–Trinajstić information content (AvgIpc) is 3.19. The molecule has 148 valence electrons. The molecule has 0 spiro atoms. The van der Waals surface area contributed by atoms with Crippen LogP contribution in [0.15, 0.2) is 35.3 Å². The average molecular weight is 412 g/mol. The number of fused-ring (bicyclic) bond motifs is 6. The molecule has 29 heavy (non-hydrogen) atoms. The van der Waals surface area contributed by atoms with Crippen LogP contribution in [0, 0.1) is 5.82 Å². The molecule has 0 atom stereocenters. The second-order valence-corrected chi connectivity index (χ2v) is 7.88. The summed E-state index contributed by atoms with van der Waals surface area (Å²) in [6, 6.07) is 6.29. The fraction of sp³-hybridized carbons (Fsp3) is 0.250. The van der Waals surface area contributed by atoms with E-state index in [4.69, 9.17) is 9.72 Å². The Morgan fingerprint density at radius 3 is 2.72 bits per heavy atom. The predicted molar refractivity (Wildman–Crippen MR) is 111 cm³/mol. The van der Waals surface area contributed by atoms with Crippen molar-refractivity contribution >= 4 is 54.3 Å². The Kier molecular flexibility index (Phi) is 4.13. The minimum Gasteiger partial charge on any atom is -0.453 e. The summed E-state index contributed by atoms with van der Waals surface area (Å²) in [5.74, 6) is -0.393. The lowest BCUT2D eigenvalue weighted by atomic mass is 10.0. The van der Waals surface area contributed by atoms with Crippen LogP contribution < -0.4 is 10.5 Å². The Bertz CT molecular complexity index is 1320. The van der Waals surface area contributed by atoms with Gasteiger partial charge in [-0.25, -0.2) is 14.2 Å². The highest BCUT2D eigenvalue weighted by molar-refractivity contribution is 7.23. The Balaban J connectivity index is 1.67. The van der Waals surface area contributed by atoms with E-state index in [1.165, 1.54) is 30.6 Å². The summed E-state index contributed by atoms with van der Waals surface area (Å²) in [7, 11) is 1.38. The molecule has 4 aromatic rings. The van der Waals surface area contributed by atoms with E-state index in [0.29, 0.717) is 37.0 Å². The van der Waals surface area contributed by atoms with Crippen LogP contribution in [-0.4, -0.2) is 54.2 Å². The second kappa shape index (κ2) is 6.70. The molecule has 0 aliphatic carbocycles. The first-order valence-electron chi connectivity index (χ1n) is 9.18. The van der Waals surface area contributed by atoms with Crippen LogP contribution in [0.1, 0.15) is 0 Å². The lowest BCUT2D eigenvalue weighted by Gasteiger charge is -2.33. The molecule has 0 bridgehead atoms. The number of hydrogen-bond acceptors (Lipinski definition) is 6. The van der Waals surface area contributed by atoms with Crippen LogP contribution in [-0.2, 0) is 4.74 Å². The molecule has 2 aromatic carbocycles. The number of halogens is 1. The molecular formula is C20H17FN4O3S. The molecule has 0 saturated carbocycles. The van der Waals surface area contributed by atoms with Crippen molar-refractivity contribution in [2.45, 2.75) is 0 Å². The molecule has 0 radical (unpaired) electrons. The van der Waals surface area contributed by atoms with Crippen LogP contribution in [0.25, 0.3) is 31.8 Å². The van der Waals surface area contributed by atoms with Crippen LogP contribution in [0.4, 0.5) is 14.3 Å². The van der Waals surface area contributed by atoms with Gasteiger partial charge < -0.3 is 19.5 Å².